The maximum Gasteiger partial charge on any atom is 0.298 e. The number of hydrogen-bond donors (Lipinski definition) is 6. The van der Waals surface area contributed by atoms with E-state index in [1.54, 1.807) is 0 Å². The quantitative estimate of drug-likeness (QED) is 0.345. The maximum absolute atomic E-state index is 11.8. The zero-order chi connectivity index (χ0) is 14.9. The zero-order valence-electron chi connectivity index (χ0n) is 10.6. The van der Waals surface area contributed by atoms with Crippen LogP contribution in [0.3, 0.4) is 0 Å². The minimum absolute atomic E-state index is 0.0568. The van der Waals surface area contributed by atoms with E-state index in [1.165, 1.54) is 7.11 Å². The number of nitrogens with two attached hydrogens (primary N) is 1. The lowest BCUT2D eigenvalue weighted by molar-refractivity contribution is -0.178. The van der Waals surface area contributed by atoms with E-state index >= 15 is 0 Å². The van der Waals surface area contributed by atoms with Gasteiger partial charge in [0.25, 0.3) is 11.6 Å². The minimum Gasteiger partial charge on any atom is -0.468 e. The lowest BCUT2D eigenvalue weighted by atomic mass is 10.0. The van der Waals surface area contributed by atoms with Gasteiger partial charge < -0.3 is 35.8 Å². The van der Waals surface area contributed by atoms with E-state index in [0.29, 0.717) is 0 Å². The number of aliphatic hydroxyl groups excluding tert-OH is 3. The Labute approximate surface area is 113 Å². The van der Waals surface area contributed by atoms with Crippen molar-refractivity contribution in [2.75, 3.05) is 24.8 Å². The van der Waals surface area contributed by atoms with Crippen molar-refractivity contribution in [3.05, 3.63) is 10.4 Å². The molecule has 2 rings (SSSR count). The number of hydrogen-bond acceptors (Lipinski definition) is 9. The number of nitrogens with one attached hydrogen (secondary N) is 2. The summed E-state index contributed by atoms with van der Waals surface area (Å²) in [5.41, 5.74) is 4.85. The number of anilines is 2. The van der Waals surface area contributed by atoms with Crippen molar-refractivity contribution in [2.24, 2.45) is 0 Å². The first-order chi connectivity index (χ1) is 9.43. The monoisotopic (exact) mass is 288 g/mol. The third-order valence-electron chi connectivity index (χ3n) is 2.91. The summed E-state index contributed by atoms with van der Waals surface area (Å²) in [4.78, 5) is 17.9. The van der Waals surface area contributed by atoms with Crippen LogP contribution in [0.4, 0.5) is 11.5 Å². The van der Waals surface area contributed by atoms with Crippen LogP contribution < -0.4 is 21.3 Å². The van der Waals surface area contributed by atoms with Crippen molar-refractivity contribution in [3.8, 4) is 6.01 Å². The molecule has 0 bridgehead atoms. The first-order valence-electron chi connectivity index (χ1n) is 5.80. The van der Waals surface area contributed by atoms with E-state index in [1.807, 2.05) is 0 Å². The van der Waals surface area contributed by atoms with Gasteiger partial charge in [-0.05, 0) is 0 Å². The molecule has 20 heavy (non-hydrogen) atoms. The summed E-state index contributed by atoms with van der Waals surface area (Å²) < 4.78 is 9.85. The molecular weight excluding hydrogens is 272 g/mol. The van der Waals surface area contributed by atoms with Crippen LogP contribution in [-0.4, -0.2) is 63.5 Å². The maximum atomic E-state index is 11.8. The SMILES string of the molecule is COc1nc(N)c(N[C@@H]2OC[C@H](O)[C@@H](O)[C@@H]2O)c(=O)[nH]1. The number of nitrogen functional groups attached to an aromatic ring is 1. The van der Waals surface area contributed by atoms with Gasteiger partial charge in [0.15, 0.2) is 12.0 Å². The van der Waals surface area contributed by atoms with Gasteiger partial charge in [0, 0.05) is 0 Å². The van der Waals surface area contributed by atoms with E-state index in [9.17, 15) is 20.1 Å². The molecule has 1 aromatic heterocycles. The molecule has 0 saturated carbocycles. The van der Waals surface area contributed by atoms with Crippen molar-refractivity contribution in [2.45, 2.75) is 24.5 Å². The van der Waals surface area contributed by atoms with Crippen molar-refractivity contribution < 1.29 is 24.8 Å². The first kappa shape index (κ1) is 14.5. The average Bonchev–Trinajstić information content (AvgIpc) is 2.42. The number of aromatic nitrogens is 2. The molecule has 0 amide bonds. The summed E-state index contributed by atoms with van der Waals surface area (Å²) in [5, 5.41) is 31.2. The highest BCUT2D eigenvalue weighted by atomic mass is 16.5. The Bertz CT molecular complexity index is 535. The lowest BCUT2D eigenvalue weighted by Gasteiger charge is -2.35. The molecule has 10 heteroatoms. The zero-order valence-corrected chi connectivity index (χ0v) is 10.6. The van der Waals surface area contributed by atoms with E-state index in [2.05, 4.69) is 15.3 Å². The number of aromatic amines is 1. The Hall–Kier alpha value is -1.88. The molecule has 4 atom stereocenters. The van der Waals surface area contributed by atoms with Gasteiger partial charge in [-0.25, -0.2) is 0 Å². The van der Waals surface area contributed by atoms with Crippen LogP contribution in [0.5, 0.6) is 6.01 Å². The second kappa shape index (κ2) is 5.63. The summed E-state index contributed by atoms with van der Waals surface area (Å²) in [7, 11) is 1.32. The fourth-order valence-electron chi connectivity index (χ4n) is 1.78. The number of ether oxygens (including phenoxy) is 2. The predicted octanol–water partition coefficient (Wildman–Crippen LogP) is -2.79. The van der Waals surface area contributed by atoms with E-state index in [-0.39, 0.29) is 24.1 Å². The molecule has 2 heterocycles. The normalized spacial score (nSPS) is 30.0. The molecule has 1 aliphatic rings. The van der Waals surface area contributed by atoms with Gasteiger partial charge in [0.2, 0.25) is 0 Å². The summed E-state index contributed by atoms with van der Waals surface area (Å²) in [6, 6.07) is -0.0568. The number of aliphatic hydroxyl groups is 3. The Morgan fingerprint density at radius 1 is 1.45 bits per heavy atom. The predicted molar refractivity (Wildman–Crippen MR) is 67.2 cm³/mol. The summed E-state index contributed by atoms with van der Waals surface area (Å²) >= 11 is 0. The molecule has 10 nitrogen and oxygen atoms in total. The highest BCUT2D eigenvalue weighted by molar-refractivity contribution is 5.60. The molecule has 0 radical (unpaired) electrons. The van der Waals surface area contributed by atoms with Gasteiger partial charge in [-0.2, -0.15) is 4.98 Å². The number of methoxy groups -OCH3 is 1. The summed E-state index contributed by atoms with van der Waals surface area (Å²) in [6.07, 6.45) is -5.13. The van der Waals surface area contributed by atoms with Crippen molar-refractivity contribution in [3.63, 3.8) is 0 Å². The summed E-state index contributed by atoms with van der Waals surface area (Å²) in [6.45, 7) is -0.197. The Morgan fingerprint density at radius 2 is 2.15 bits per heavy atom. The molecule has 0 unspecified atom stereocenters. The molecule has 1 saturated heterocycles. The molecule has 1 aromatic rings. The first-order valence-corrected chi connectivity index (χ1v) is 5.80. The second-order valence-electron chi connectivity index (χ2n) is 4.28. The van der Waals surface area contributed by atoms with Gasteiger partial charge >= 0.3 is 0 Å². The standard InChI is InChI=1S/C10H16N4O6/c1-19-10-13-7(11)4(8(18)14-10)12-9-6(17)5(16)3(15)2-20-9/h3,5-6,9,12,15-17H,2H2,1H3,(H3,11,13,14,18)/t3-,5+,6-,9+/m0/s1. The fraction of sp³-hybridized carbons (Fsp3) is 0.600. The highest BCUT2D eigenvalue weighted by Gasteiger charge is 2.38. The fourth-order valence-corrected chi connectivity index (χ4v) is 1.78. The highest BCUT2D eigenvalue weighted by Crippen LogP contribution is 2.19. The molecule has 1 aliphatic heterocycles. The second-order valence-corrected chi connectivity index (χ2v) is 4.28. The largest absolute Gasteiger partial charge is 0.468 e. The molecule has 1 fully saturated rings. The third kappa shape index (κ3) is 2.67. The van der Waals surface area contributed by atoms with Gasteiger partial charge in [-0.15, -0.1) is 0 Å². The van der Waals surface area contributed by atoms with Gasteiger partial charge in [0.05, 0.1) is 13.7 Å². The molecule has 112 valence electrons. The Kier molecular flexibility index (Phi) is 4.09. The van der Waals surface area contributed by atoms with Crippen molar-refractivity contribution in [1.82, 2.24) is 9.97 Å². The van der Waals surface area contributed by atoms with Gasteiger partial charge in [0.1, 0.15) is 24.0 Å². The smallest absolute Gasteiger partial charge is 0.298 e. The van der Waals surface area contributed by atoms with Gasteiger partial charge in [-0.1, -0.05) is 0 Å². The van der Waals surface area contributed by atoms with Crippen LogP contribution in [-0.2, 0) is 4.74 Å². The van der Waals surface area contributed by atoms with Crippen LogP contribution in [0.15, 0.2) is 4.79 Å². The number of H-pyrrole nitrogens is 1. The van der Waals surface area contributed by atoms with E-state index < -0.39 is 30.1 Å². The topological polar surface area (TPSA) is 163 Å². The number of rotatable bonds is 3. The third-order valence-corrected chi connectivity index (χ3v) is 2.91. The van der Waals surface area contributed by atoms with Crippen LogP contribution in [0.2, 0.25) is 0 Å². The molecule has 0 aromatic carbocycles. The van der Waals surface area contributed by atoms with Crippen LogP contribution >= 0.6 is 0 Å². The molecular formula is C10H16N4O6. The Morgan fingerprint density at radius 3 is 2.75 bits per heavy atom. The van der Waals surface area contributed by atoms with E-state index in [4.69, 9.17) is 15.2 Å². The van der Waals surface area contributed by atoms with Crippen molar-refractivity contribution in [1.29, 1.82) is 0 Å². The molecule has 0 spiro atoms. The number of nitrogens with zero attached hydrogens (tertiary/aromatic N) is 1. The molecule has 0 aliphatic carbocycles. The van der Waals surface area contributed by atoms with Gasteiger partial charge in [-0.3, -0.25) is 9.78 Å². The van der Waals surface area contributed by atoms with Crippen LogP contribution in [0.1, 0.15) is 0 Å². The lowest BCUT2D eigenvalue weighted by Crippen LogP contribution is -2.55. The molecule has 7 N–H and O–H groups in total. The van der Waals surface area contributed by atoms with Crippen LogP contribution in [0.25, 0.3) is 0 Å². The Balaban J connectivity index is 2.20. The average molecular weight is 288 g/mol. The van der Waals surface area contributed by atoms with Crippen LogP contribution in [0, 0.1) is 0 Å². The van der Waals surface area contributed by atoms with Crippen molar-refractivity contribution >= 4 is 11.5 Å². The minimum atomic E-state index is -1.43. The summed E-state index contributed by atoms with van der Waals surface area (Å²) in [5.74, 6) is -0.151. The van der Waals surface area contributed by atoms with E-state index in [0.717, 1.165) is 0 Å².